The molecule has 1 aromatic carbocycles. The molecule has 7 nitrogen and oxygen atoms in total. The van der Waals surface area contributed by atoms with Crippen molar-refractivity contribution < 1.29 is 18.4 Å². The van der Waals surface area contributed by atoms with Gasteiger partial charge in [0, 0.05) is 24.8 Å². The van der Waals surface area contributed by atoms with Crippen LogP contribution in [0.15, 0.2) is 23.1 Å². The van der Waals surface area contributed by atoms with Crippen molar-refractivity contribution in [2.75, 3.05) is 6.61 Å². The second-order valence-electron chi connectivity index (χ2n) is 3.91. The lowest BCUT2D eigenvalue weighted by molar-refractivity contribution is -0.385. The molecule has 1 atom stereocenters. The minimum absolute atomic E-state index is 0.103. The second-order valence-corrected chi connectivity index (χ2v) is 6.00. The lowest BCUT2D eigenvalue weighted by Gasteiger charge is -2.13. The topological polar surface area (TPSA) is 110 Å². The highest BCUT2D eigenvalue weighted by atomic mass is 35.5. The Kier molecular flexibility index (Phi) is 5.24. The van der Waals surface area contributed by atoms with E-state index in [1.165, 1.54) is 0 Å². The van der Waals surface area contributed by atoms with Gasteiger partial charge in [0.05, 0.1) is 9.95 Å². The third kappa shape index (κ3) is 4.13. The van der Waals surface area contributed by atoms with Crippen LogP contribution in [0.5, 0.6) is 0 Å². The zero-order valence-corrected chi connectivity index (χ0v) is 11.6. The Bertz CT molecular complexity index is 575. The van der Waals surface area contributed by atoms with Crippen molar-refractivity contribution in [1.82, 2.24) is 4.72 Å². The van der Waals surface area contributed by atoms with Gasteiger partial charge in [0.2, 0.25) is 10.0 Å². The minimum atomic E-state index is -3.97. The average Bonchev–Trinajstić information content (AvgIpc) is 2.28. The molecule has 0 fully saturated rings. The van der Waals surface area contributed by atoms with Crippen LogP contribution in [0.2, 0.25) is 5.02 Å². The third-order valence-electron chi connectivity index (χ3n) is 2.33. The van der Waals surface area contributed by atoms with E-state index in [0.717, 1.165) is 18.2 Å². The zero-order valence-electron chi connectivity index (χ0n) is 10.0. The molecule has 0 amide bonds. The van der Waals surface area contributed by atoms with Crippen LogP contribution >= 0.6 is 11.6 Å². The molecule has 0 aromatic heterocycles. The summed E-state index contributed by atoms with van der Waals surface area (Å²) in [6, 6.07) is 2.67. The number of benzene rings is 1. The van der Waals surface area contributed by atoms with Gasteiger partial charge in [-0.1, -0.05) is 11.6 Å². The van der Waals surface area contributed by atoms with Gasteiger partial charge in [-0.2, -0.15) is 0 Å². The molecule has 1 rings (SSSR count). The van der Waals surface area contributed by atoms with Gasteiger partial charge in [0.1, 0.15) is 4.90 Å². The van der Waals surface area contributed by atoms with Gasteiger partial charge in [-0.05, 0) is 19.4 Å². The number of halogens is 1. The molecule has 0 spiro atoms. The molecular formula is C10H13ClN2O5S. The van der Waals surface area contributed by atoms with Crippen molar-refractivity contribution in [2.24, 2.45) is 0 Å². The molecule has 106 valence electrons. The fraction of sp³-hybridized carbons (Fsp3) is 0.400. The van der Waals surface area contributed by atoms with Gasteiger partial charge < -0.3 is 5.11 Å². The SMILES string of the molecule is CC(CCO)NS(=O)(=O)c1cc([N+](=O)[O-])ccc1Cl. The maximum absolute atomic E-state index is 12.0. The predicted octanol–water partition coefficient (Wildman–Crippen LogP) is 1.30. The van der Waals surface area contributed by atoms with Crippen molar-refractivity contribution in [3.8, 4) is 0 Å². The quantitative estimate of drug-likeness (QED) is 0.608. The highest BCUT2D eigenvalue weighted by molar-refractivity contribution is 7.89. The number of hydrogen-bond donors (Lipinski definition) is 2. The van der Waals surface area contributed by atoms with Gasteiger partial charge in [0.15, 0.2) is 0 Å². The summed E-state index contributed by atoms with van der Waals surface area (Å²) in [5.74, 6) is 0. The van der Waals surface area contributed by atoms with Gasteiger partial charge in [-0.25, -0.2) is 13.1 Å². The standard InChI is InChI=1S/C10H13ClN2O5S/c1-7(4-5-14)12-19(17,18)10-6-8(13(15)16)2-3-9(10)11/h2-3,6-7,12,14H,4-5H2,1H3. The summed E-state index contributed by atoms with van der Waals surface area (Å²) >= 11 is 5.75. The maximum atomic E-state index is 12.0. The first kappa shape index (κ1) is 15.8. The number of nitro groups is 1. The van der Waals surface area contributed by atoms with Crippen LogP contribution in [0.3, 0.4) is 0 Å². The Morgan fingerprint density at radius 1 is 1.53 bits per heavy atom. The molecule has 0 radical (unpaired) electrons. The highest BCUT2D eigenvalue weighted by Gasteiger charge is 2.23. The van der Waals surface area contributed by atoms with E-state index in [0.29, 0.717) is 0 Å². The molecular weight excluding hydrogens is 296 g/mol. The molecule has 0 aliphatic carbocycles. The summed E-state index contributed by atoms with van der Waals surface area (Å²) in [5, 5.41) is 19.3. The second kappa shape index (κ2) is 6.29. The summed E-state index contributed by atoms with van der Waals surface area (Å²) in [6.07, 6.45) is 0.228. The fourth-order valence-corrected chi connectivity index (χ4v) is 3.19. The molecule has 0 heterocycles. The number of hydrogen-bond acceptors (Lipinski definition) is 5. The summed E-state index contributed by atoms with van der Waals surface area (Å²) < 4.78 is 26.3. The highest BCUT2D eigenvalue weighted by Crippen LogP contribution is 2.26. The number of aliphatic hydroxyl groups excluding tert-OH is 1. The van der Waals surface area contributed by atoms with E-state index in [-0.39, 0.29) is 28.6 Å². The third-order valence-corrected chi connectivity index (χ3v) is 4.40. The summed E-state index contributed by atoms with van der Waals surface area (Å²) in [6.45, 7) is 1.39. The number of non-ortho nitro benzene ring substituents is 1. The normalized spacial score (nSPS) is 13.2. The Hall–Kier alpha value is -1.22. The summed E-state index contributed by atoms with van der Waals surface area (Å²) in [7, 11) is -3.97. The van der Waals surface area contributed by atoms with Crippen molar-refractivity contribution >= 4 is 27.3 Å². The molecule has 9 heteroatoms. The maximum Gasteiger partial charge on any atom is 0.270 e. The number of rotatable bonds is 6. The van der Waals surface area contributed by atoms with E-state index in [1.807, 2.05) is 0 Å². The first-order valence-electron chi connectivity index (χ1n) is 5.35. The molecule has 2 N–H and O–H groups in total. The summed E-state index contributed by atoms with van der Waals surface area (Å²) in [5.41, 5.74) is -0.361. The van der Waals surface area contributed by atoms with E-state index in [9.17, 15) is 18.5 Å². The van der Waals surface area contributed by atoms with E-state index in [2.05, 4.69) is 4.72 Å². The molecule has 0 saturated heterocycles. The van der Waals surface area contributed by atoms with Gasteiger partial charge in [0.25, 0.3) is 5.69 Å². The monoisotopic (exact) mass is 308 g/mol. The lowest BCUT2D eigenvalue weighted by atomic mass is 10.3. The van der Waals surface area contributed by atoms with Crippen LogP contribution in [-0.2, 0) is 10.0 Å². The molecule has 0 aliphatic heterocycles. The van der Waals surface area contributed by atoms with E-state index >= 15 is 0 Å². The Balaban J connectivity index is 3.13. The van der Waals surface area contributed by atoms with Crippen molar-refractivity contribution in [2.45, 2.75) is 24.3 Å². The van der Waals surface area contributed by atoms with Crippen LogP contribution in [0, 0.1) is 10.1 Å². The van der Waals surface area contributed by atoms with Crippen LogP contribution in [0.1, 0.15) is 13.3 Å². The largest absolute Gasteiger partial charge is 0.396 e. The molecule has 19 heavy (non-hydrogen) atoms. The first-order chi connectivity index (χ1) is 8.77. The van der Waals surface area contributed by atoms with E-state index in [4.69, 9.17) is 16.7 Å². The van der Waals surface area contributed by atoms with Crippen molar-refractivity contribution in [3.63, 3.8) is 0 Å². The van der Waals surface area contributed by atoms with E-state index in [1.54, 1.807) is 6.92 Å². The number of nitrogens with zero attached hydrogens (tertiary/aromatic N) is 1. The minimum Gasteiger partial charge on any atom is -0.396 e. The molecule has 1 aromatic rings. The van der Waals surface area contributed by atoms with Crippen molar-refractivity contribution in [1.29, 1.82) is 0 Å². The smallest absolute Gasteiger partial charge is 0.270 e. The number of nitrogens with one attached hydrogen (secondary N) is 1. The number of nitro benzene ring substituents is 1. The van der Waals surface area contributed by atoms with Gasteiger partial charge in [-0.3, -0.25) is 10.1 Å². The Morgan fingerprint density at radius 3 is 2.68 bits per heavy atom. The van der Waals surface area contributed by atoms with Gasteiger partial charge >= 0.3 is 0 Å². The molecule has 0 bridgehead atoms. The lowest BCUT2D eigenvalue weighted by Crippen LogP contribution is -2.33. The Labute approximate surface area is 115 Å². The van der Waals surface area contributed by atoms with E-state index < -0.39 is 21.0 Å². The van der Waals surface area contributed by atoms with Crippen molar-refractivity contribution in [3.05, 3.63) is 33.3 Å². The summed E-state index contributed by atoms with van der Waals surface area (Å²) in [4.78, 5) is 9.57. The molecule has 1 unspecified atom stereocenters. The Morgan fingerprint density at radius 2 is 2.16 bits per heavy atom. The fourth-order valence-electron chi connectivity index (χ4n) is 1.39. The number of sulfonamides is 1. The predicted molar refractivity (Wildman–Crippen MR) is 69.6 cm³/mol. The first-order valence-corrected chi connectivity index (χ1v) is 7.21. The van der Waals surface area contributed by atoms with Crippen LogP contribution in [-0.4, -0.2) is 31.1 Å². The van der Waals surface area contributed by atoms with Crippen LogP contribution in [0.4, 0.5) is 5.69 Å². The molecule has 0 aliphatic rings. The van der Waals surface area contributed by atoms with Crippen LogP contribution < -0.4 is 4.72 Å². The average molecular weight is 309 g/mol. The number of aliphatic hydroxyl groups is 1. The molecule has 0 saturated carbocycles. The zero-order chi connectivity index (χ0) is 14.6. The van der Waals surface area contributed by atoms with Gasteiger partial charge in [-0.15, -0.1) is 0 Å². The van der Waals surface area contributed by atoms with Crippen LogP contribution in [0.25, 0.3) is 0 Å².